The second-order valence-corrected chi connectivity index (χ2v) is 9.87. The molecule has 0 aliphatic carbocycles. The summed E-state index contributed by atoms with van der Waals surface area (Å²) in [6.45, 7) is 1.30. The van der Waals surface area contributed by atoms with E-state index in [1.807, 2.05) is 12.1 Å². The van der Waals surface area contributed by atoms with Crippen LogP contribution in [0.1, 0.15) is 18.4 Å². The molecule has 30 heavy (non-hydrogen) atoms. The molecular formula is C21H24Cl2N2O4S. The van der Waals surface area contributed by atoms with Gasteiger partial charge in [0.1, 0.15) is 12.4 Å². The molecule has 1 N–H and O–H groups in total. The molecule has 0 bridgehead atoms. The molecule has 1 fully saturated rings. The third-order valence-corrected chi connectivity index (χ3v) is 7.52. The Balaban J connectivity index is 1.42. The number of amides is 1. The zero-order chi connectivity index (χ0) is 21.6. The monoisotopic (exact) mass is 470 g/mol. The largest absolute Gasteiger partial charge is 0.490 e. The van der Waals surface area contributed by atoms with Gasteiger partial charge in [-0.1, -0.05) is 53.5 Å². The van der Waals surface area contributed by atoms with Crippen LogP contribution in [0.3, 0.4) is 0 Å². The Labute approximate surface area is 187 Å². The van der Waals surface area contributed by atoms with Gasteiger partial charge in [-0.15, -0.1) is 0 Å². The van der Waals surface area contributed by atoms with Crippen molar-refractivity contribution >= 4 is 39.1 Å². The molecule has 0 atom stereocenters. The summed E-state index contributed by atoms with van der Waals surface area (Å²) in [4.78, 5) is 12.4. The Morgan fingerprint density at radius 2 is 1.67 bits per heavy atom. The average Bonchev–Trinajstić information content (AvgIpc) is 2.74. The Morgan fingerprint density at radius 3 is 2.33 bits per heavy atom. The lowest BCUT2D eigenvalue weighted by atomic mass is 9.97. The Hall–Kier alpha value is -1.80. The van der Waals surface area contributed by atoms with E-state index < -0.39 is 10.0 Å². The molecule has 1 aliphatic rings. The van der Waals surface area contributed by atoms with Crippen molar-refractivity contribution in [1.82, 2.24) is 9.62 Å². The second-order valence-electron chi connectivity index (χ2n) is 7.09. The predicted octanol–water partition coefficient (Wildman–Crippen LogP) is 3.73. The van der Waals surface area contributed by atoms with Crippen LogP contribution in [0.5, 0.6) is 5.75 Å². The van der Waals surface area contributed by atoms with Crippen LogP contribution in [0.25, 0.3) is 0 Å². The van der Waals surface area contributed by atoms with E-state index in [9.17, 15) is 13.2 Å². The van der Waals surface area contributed by atoms with Crippen molar-refractivity contribution < 1.29 is 17.9 Å². The molecule has 0 unspecified atom stereocenters. The molecule has 0 radical (unpaired) electrons. The Morgan fingerprint density at radius 1 is 1.03 bits per heavy atom. The van der Waals surface area contributed by atoms with Gasteiger partial charge in [0.2, 0.25) is 15.9 Å². The van der Waals surface area contributed by atoms with E-state index in [1.165, 1.54) is 4.31 Å². The van der Waals surface area contributed by atoms with Crippen molar-refractivity contribution in [2.45, 2.75) is 18.6 Å². The summed E-state index contributed by atoms with van der Waals surface area (Å²) in [7, 11) is -3.48. The summed E-state index contributed by atoms with van der Waals surface area (Å²) in [5, 5.41) is 3.81. The van der Waals surface area contributed by atoms with Crippen LogP contribution in [0.15, 0.2) is 48.5 Å². The van der Waals surface area contributed by atoms with Crippen molar-refractivity contribution in [2.75, 3.05) is 26.2 Å². The maximum Gasteiger partial charge on any atom is 0.223 e. The molecule has 162 valence electrons. The predicted molar refractivity (Wildman–Crippen MR) is 118 cm³/mol. The first kappa shape index (κ1) is 22.9. The number of nitrogens with one attached hydrogen (secondary N) is 1. The summed E-state index contributed by atoms with van der Waals surface area (Å²) < 4.78 is 32.4. The minimum Gasteiger partial charge on any atom is -0.490 e. The number of ether oxygens (including phenoxy) is 1. The number of nitrogens with zero attached hydrogens (tertiary/aromatic N) is 1. The summed E-state index contributed by atoms with van der Waals surface area (Å²) in [6, 6.07) is 14.1. The van der Waals surface area contributed by atoms with Crippen LogP contribution in [-0.4, -0.2) is 44.9 Å². The number of piperidine rings is 1. The van der Waals surface area contributed by atoms with Gasteiger partial charge in [-0.3, -0.25) is 4.79 Å². The van der Waals surface area contributed by atoms with Crippen molar-refractivity contribution in [1.29, 1.82) is 0 Å². The van der Waals surface area contributed by atoms with E-state index in [4.69, 9.17) is 27.9 Å². The SMILES string of the molecule is O=C(NCCOc1ccccc1Cl)C1CCN(S(=O)(=O)Cc2ccccc2Cl)CC1. The van der Waals surface area contributed by atoms with Gasteiger partial charge in [0.15, 0.2) is 0 Å². The standard InChI is InChI=1S/C21H24Cl2N2O4S/c22-18-6-2-1-5-17(18)15-30(27,28)25-12-9-16(10-13-25)21(26)24-11-14-29-20-8-4-3-7-19(20)23/h1-8,16H,9-15H2,(H,24,26). The van der Waals surface area contributed by atoms with Crippen molar-refractivity contribution in [3.8, 4) is 5.75 Å². The fraction of sp³-hybridized carbons (Fsp3) is 0.381. The smallest absolute Gasteiger partial charge is 0.223 e. The van der Waals surface area contributed by atoms with Gasteiger partial charge in [0, 0.05) is 24.0 Å². The van der Waals surface area contributed by atoms with Crippen molar-refractivity contribution in [3.05, 3.63) is 64.1 Å². The molecule has 1 aliphatic heterocycles. The van der Waals surface area contributed by atoms with Gasteiger partial charge in [-0.05, 0) is 36.6 Å². The highest BCUT2D eigenvalue weighted by molar-refractivity contribution is 7.88. The van der Waals surface area contributed by atoms with Gasteiger partial charge >= 0.3 is 0 Å². The Kier molecular flexibility index (Phi) is 7.99. The first-order valence-electron chi connectivity index (χ1n) is 9.73. The molecule has 0 saturated carbocycles. The van der Waals surface area contributed by atoms with Gasteiger partial charge in [-0.25, -0.2) is 12.7 Å². The zero-order valence-corrected chi connectivity index (χ0v) is 18.7. The number of carbonyl (C=O) groups is 1. The molecule has 1 amide bonds. The van der Waals surface area contributed by atoms with E-state index >= 15 is 0 Å². The molecule has 1 saturated heterocycles. The van der Waals surface area contributed by atoms with Gasteiger partial charge in [-0.2, -0.15) is 0 Å². The van der Waals surface area contributed by atoms with E-state index in [0.29, 0.717) is 60.4 Å². The fourth-order valence-electron chi connectivity index (χ4n) is 3.34. The molecule has 9 heteroatoms. The number of hydrogen-bond donors (Lipinski definition) is 1. The third kappa shape index (κ3) is 6.11. The minimum absolute atomic E-state index is 0.0825. The lowest BCUT2D eigenvalue weighted by Crippen LogP contribution is -2.44. The maximum atomic E-state index is 12.7. The minimum atomic E-state index is -3.48. The number of halogens is 2. The van der Waals surface area contributed by atoms with Gasteiger partial charge < -0.3 is 10.1 Å². The van der Waals surface area contributed by atoms with E-state index in [0.717, 1.165) is 0 Å². The molecule has 6 nitrogen and oxygen atoms in total. The first-order valence-corrected chi connectivity index (χ1v) is 12.1. The first-order chi connectivity index (χ1) is 14.4. The number of benzene rings is 2. The van der Waals surface area contributed by atoms with Gasteiger partial charge in [0.05, 0.1) is 17.3 Å². The molecule has 2 aromatic carbocycles. The van der Waals surface area contributed by atoms with Crippen LogP contribution >= 0.6 is 23.2 Å². The number of rotatable bonds is 8. The molecule has 0 spiro atoms. The van der Waals surface area contributed by atoms with E-state index in [1.54, 1.807) is 36.4 Å². The zero-order valence-electron chi connectivity index (χ0n) is 16.4. The Bertz CT molecular complexity index is 976. The molecular weight excluding hydrogens is 447 g/mol. The quantitative estimate of drug-likeness (QED) is 0.596. The molecule has 2 aromatic rings. The molecule has 0 aromatic heterocycles. The van der Waals surface area contributed by atoms with Crippen molar-refractivity contribution in [2.24, 2.45) is 5.92 Å². The van der Waals surface area contributed by atoms with Crippen LogP contribution in [0.2, 0.25) is 10.0 Å². The summed E-state index contributed by atoms with van der Waals surface area (Å²) in [5.41, 5.74) is 0.581. The third-order valence-electron chi connectivity index (χ3n) is 5.01. The second kappa shape index (κ2) is 10.5. The van der Waals surface area contributed by atoms with Crippen LogP contribution in [-0.2, 0) is 20.6 Å². The highest BCUT2D eigenvalue weighted by atomic mass is 35.5. The summed E-state index contributed by atoms with van der Waals surface area (Å²) in [5.74, 6) is 0.145. The van der Waals surface area contributed by atoms with E-state index in [-0.39, 0.29) is 17.6 Å². The lowest BCUT2D eigenvalue weighted by Gasteiger charge is -2.30. The summed E-state index contributed by atoms with van der Waals surface area (Å²) in [6.07, 6.45) is 0.970. The highest BCUT2D eigenvalue weighted by Crippen LogP contribution is 2.25. The highest BCUT2D eigenvalue weighted by Gasteiger charge is 2.31. The number of para-hydroxylation sites is 1. The molecule has 1 heterocycles. The normalized spacial score (nSPS) is 15.7. The van der Waals surface area contributed by atoms with Gasteiger partial charge in [0.25, 0.3) is 0 Å². The number of carbonyl (C=O) groups excluding carboxylic acids is 1. The number of hydrogen-bond acceptors (Lipinski definition) is 4. The number of sulfonamides is 1. The van der Waals surface area contributed by atoms with Crippen LogP contribution in [0, 0.1) is 5.92 Å². The maximum absolute atomic E-state index is 12.7. The van der Waals surface area contributed by atoms with Crippen LogP contribution < -0.4 is 10.1 Å². The topological polar surface area (TPSA) is 75.7 Å². The summed E-state index contributed by atoms with van der Waals surface area (Å²) >= 11 is 12.1. The van der Waals surface area contributed by atoms with Crippen LogP contribution in [0.4, 0.5) is 0 Å². The average molecular weight is 471 g/mol. The molecule has 3 rings (SSSR count). The van der Waals surface area contributed by atoms with Crippen molar-refractivity contribution in [3.63, 3.8) is 0 Å². The lowest BCUT2D eigenvalue weighted by molar-refractivity contribution is -0.126. The van der Waals surface area contributed by atoms with E-state index in [2.05, 4.69) is 5.32 Å². The fourth-order valence-corrected chi connectivity index (χ4v) is 5.41.